The zero-order valence-corrected chi connectivity index (χ0v) is 9.93. The fourth-order valence-corrected chi connectivity index (χ4v) is 1.69. The summed E-state index contributed by atoms with van der Waals surface area (Å²) in [5.41, 5.74) is -0.0338. The fourth-order valence-electron chi connectivity index (χ4n) is 1.69. The summed E-state index contributed by atoms with van der Waals surface area (Å²) >= 11 is 0. The summed E-state index contributed by atoms with van der Waals surface area (Å²) in [5.74, 6) is 0.459. The Morgan fingerprint density at radius 3 is 2.65 bits per heavy atom. The molecule has 17 heavy (non-hydrogen) atoms. The number of hydrogen-bond acceptors (Lipinski definition) is 4. The third-order valence-electron chi connectivity index (χ3n) is 2.55. The van der Waals surface area contributed by atoms with E-state index in [1.54, 1.807) is 24.0 Å². The molecule has 2 rings (SSSR count). The Hall–Kier alpha value is -2.11. The molecule has 6 heteroatoms. The zero-order chi connectivity index (χ0) is 12.6. The average molecular weight is 234 g/mol. The minimum Gasteiger partial charge on any atom is -0.493 e. The summed E-state index contributed by atoms with van der Waals surface area (Å²) in [7, 11) is 1.79. The van der Waals surface area contributed by atoms with Crippen molar-refractivity contribution < 1.29 is 5.11 Å². The van der Waals surface area contributed by atoms with Gasteiger partial charge in [0.05, 0.1) is 5.56 Å². The van der Waals surface area contributed by atoms with Crippen LogP contribution in [0.1, 0.15) is 25.3 Å². The summed E-state index contributed by atoms with van der Waals surface area (Å²) < 4.78 is 1.72. The second-order valence-corrected chi connectivity index (χ2v) is 4.17. The number of nitrogens with zero attached hydrogens (tertiary/aromatic N) is 3. The van der Waals surface area contributed by atoms with Crippen LogP contribution in [0, 0.1) is 0 Å². The highest BCUT2D eigenvalue weighted by Gasteiger charge is 2.16. The van der Waals surface area contributed by atoms with Gasteiger partial charge in [-0.25, -0.2) is 4.98 Å². The Morgan fingerprint density at radius 1 is 1.47 bits per heavy atom. The molecule has 0 aliphatic carbocycles. The van der Waals surface area contributed by atoms with Crippen LogP contribution in [0.3, 0.4) is 0 Å². The molecule has 0 aliphatic heterocycles. The number of H-pyrrole nitrogens is 1. The maximum absolute atomic E-state index is 11.8. The summed E-state index contributed by atoms with van der Waals surface area (Å²) in [6, 6.07) is 0. The van der Waals surface area contributed by atoms with Crippen molar-refractivity contribution in [1.82, 2.24) is 19.5 Å². The van der Waals surface area contributed by atoms with E-state index in [4.69, 9.17) is 0 Å². The molecule has 0 unspecified atom stereocenters. The van der Waals surface area contributed by atoms with E-state index in [9.17, 15) is 9.90 Å². The first-order valence-corrected chi connectivity index (χ1v) is 5.31. The van der Waals surface area contributed by atoms with Gasteiger partial charge in [0.1, 0.15) is 0 Å². The van der Waals surface area contributed by atoms with E-state index in [2.05, 4.69) is 15.0 Å². The molecule has 0 spiro atoms. The normalized spacial score (nSPS) is 11.1. The van der Waals surface area contributed by atoms with Crippen molar-refractivity contribution in [1.29, 1.82) is 0 Å². The lowest BCUT2D eigenvalue weighted by atomic mass is 10.1. The number of aryl methyl sites for hydroxylation is 1. The van der Waals surface area contributed by atoms with Crippen LogP contribution in [0.4, 0.5) is 0 Å². The number of nitrogens with one attached hydrogen (secondary N) is 1. The third kappa shape index (κ3) is 1.93. The first-order valence-electron chi connectivity index (χ1n) is 5.31. The van der Waals surface area contributed by atoms with Gasteiger partial charge in [0.15, 0.2) is 11.6 Å². The van der Waals surface area contributed by atoms with Gasteiger partial charge in [0, 0.05) is 19.4 Å². The molecule has 0 atom stereocenters. The highest BCUT2D eigenvalue weighted by molar-refractivity contribution is 5.45. The highest BCUT2D eigenvalue weighted by atomic mass is 16.3. The van der Waals surface area contributed by atoms with Gasteiger partial charge in [-0.3, -0.25) is 4.79 Å². The minimum atomic E-state index is -0.328. The van der Waals surface area contributed by atoms with E-state index in [0.717, 1.165) is 0 Å². The van der Waals surface area contributed by atoms with E-state index >= 15 is 0 Å². The first kappa shape index (κ1) is 11.4. The van der Waals surface area contributed by atoms with Gasteiger partial charge in [-0.05, 0) is 5.92 Å². The molecule has 0 radical (unpaired) electrons. The quantitative estimate of drug-likeness (QED) is 0.811. The van der Waals surface area contributed by atoms with E-state index in [0.29, 0.717) is 11.4 Å². The largest absolute Gasteiger partial charge is 0.493 e. The maximum atomic E-state index is 11.8. The van der Waals surface area contributed by atoms with Crippen LogP contribution in [0.25, 0.3) is 11.6 Å². The molecule has 2 aromatic rings. The van der Waals surface area contributed by atoms with Crippen LogP contribution < -0.4 is 5.56 Å². The predicted molar refractivity (Wildman–Crippen MR) is 62.8 cm³/mol. The standard InChI is InChI=1S/C11H14N4O2/c1-6(2)7-10(16)13-8(14-11(7)17)9-12-4-5-15(9)3/h4-6H,1-3H3,(H2,13,14,16,17). The van der Waals surface area contributed by atoms with Gasteiger partial charge in [-0.1, -0.05) is 13.8 Å². The lowest BCUT2D eigenvalue weighted by molar-refractivity contribution is 0.440. The van der Waals surface area contributed by atoms with Crippen LogP contribution in [0.2, 0.25) is 0 Å². The van der Waals surface area contributed by atoms with Crippen LogP contribution >= 0.6 is 0 Å². The van der Waals surface area contributed by atoms with E-state index < -0.39 is 0 Å². The fraction of sp³-hybridized carbons (Fsp3) is 0.364. The van der Waals surface area contributed by atoms with Crippen molar-refractivity contribution in [3.63, 3.8) is 0 Å². The van der Waals surface area contributed by atoms with Gasteiger partial charge >= 0.3 is 0 Å². The molecule has 0 saturated heterocycles. The zero-order valence-electron chi connectivity index (χ0n) is 9.93. The Balaban J connectivity index is 2.61. The average Bonchev–Trinajstić information content (AvgIpc) is 2.62. The SMILES string of the molecule is CC(C)c1c(O)nc(-c2nccn2C)[nH]c1=O. The number of rotatable bonds is 2. The highest BCUT2D eigenvalue weighted by Crippen LogP contribution is 2.21. The van der Waals surface area contributed by atoms with E-state index in [1.807, 2.05) is 13.8 Å². The first-order chi connectivity index (χ1) is 8.00. The van der Waals surface area contributed by atoms with Crippen molar-refractivity contribution in [2.45, 2.75) is 19.8 Å². The number of aromatic hydroxyl groups is 1. The topological polar surface area (TPSA) is 83.8 Å². The number of hydrogen-bond donors (Lipinski definition) is 2. The molecule has 90 valence electrons. The molecule has 0 saturated carbocycles. The summed E-state index contributed by atoms with van der Waals surface area (Å²) in [6.45, 7) is 3.65. The van der Waals surface area contributed by atoms with Crippen molar-refractivity contribution in [2.75, 3.05) is 0 Å². The molecule has 0 fully saturated rings. The van der Waals surface area contributed by atoms with E-state index in [1.165, 1.54) is 0 Å². The van der Waals surface area contributed by atoms with Gasteiger partial charge in [0.25, 0.3) is 5.56 Å². The van der Waals surface area contributed by atoms with Crippen LogP contribution in [-0.4, -0.2) is 24.6 Å². The molecule has 2 heterocycles. The second kappa shape index (κ2) is 4.04. The van der Waals surface area contributed by atoms with Crippen LogP contribution in [0.15, 0.2) is 17.2 Å². The van der Waals surface area contributed by atoms with Gasteiger partial charge in [-0.15, -0.1) is 0 Å². The van der Waals surface area contributed by atoms with Gasteiger partial charge in [0.2, 0.25) is 5.88 Å². The molecule has 0 aromatic carbocycles. The molecule has 2 N–H and O–H groups in total. The third-order valence-corrected chi connectivity index (χ3v) is 2.55. The van der Waals surface area contributed by atoms with Crippen molar-refractivity contribution >= 4 is 0 Å². The van der Waals surface area contributed by atoms with Gasteiger partial charge in [-0.2, -0.15) is 4.98 Å². The molecule has 0 amide bonds. The molecular weight excluding hydrogens is 220 g/mol. The Kier molecular flexibility index (Phi) is 2.71. The smallest absolute Gasteiger partial charge is 0.258 e. The molecule has 2 aromatic heterocycles. The summed E-state index contributed by atoms with van der Waals surface area (Å²) in [4.78, 5) is 22.5. The Labute approximate surface area is 98.0 Å². The lowest BCUT2D eigenvalue weighted by Gasteiger charge is -2.07. The van der Waals surface area contributed by atoms with Crippen molar-refractivity contribution in [3.8, 4) is 17.5 Å². The summed E-state index contributed by atoms with van der Waals surface area (Å²) in [6.07, 6.45) is 3.34. The predicted octanol–water partition coefficient (Wildman–Crippen LogP) is 0.999. The molecule has 0 aliphatic rings. The second-order valence-electron chi connectivity index (χ2n) is 4.17. The maximum Gasteiger partial charge on any atom is 0.258 e. The molecule has 6 nitrogen and oxygen atoms in total. The van der Waals surface area contributed by atoms with Gasteiger partial charge < -0.3 is 14.7 Å². The van der Waals surface area contributed by atoms with Crippen LogP contribution in [-0.2, 0) is 7.05 Å². The Morgan fingerprint density at radius 2 is 2.18 bits per heavy atom. The van der Waals surface area contributed by atoms with Crippen molar-refractivity contribution in [3.05, 3.63) is 28.3 Å². The molecular formula is C11H14N4O2. The number of imidazole rings is 1. The number of aromatic amines is 1. The van der Waals surface area contributed by atoms with Crippen molar-refractivity contribution in [2.24, 2.45) is 7.05 Å². The van der Waals surface area contributed by atoms with E-state index in [-0.39, 0.29) is 23.2 Å². The number of aromatic nitrogens is 4. The monoisotopic (exact) mass is 234 g/mol. The molecule has 0 bridgehead atoms. The Bertz CT molecular complexity index is 598. The summed E-state index contributed by atoms with van der Waals surface area (Å²) in [5, 5.41) is 9.76. The van der Waals surface area contributed by atoms with Crippen LogP contribution in [0.5, 0.6) is 5.88 Å². The lowest BCUT2D eigenvalue weighted by Crippen LogP contribution is -2.17. The minimum absolute atomic E-state index is 0.0818.